The Labute approximate surface area is 190 Å². The summed E-state index contributed by atoms with van der Waals surface area (Å²) in [6.45, 7) is 8.12. The van der Waals surface area contributed by atoms with Crippen LogP contribution in [0.3, 0.4) is 0 Å². The van der Waals surface area contributed by atoms with E-state index in [1.807, 2.05) is 63.2 Å². The largest absolute Gasteiger partial charge is 0.486 e. The van der Waals surface area contributed by atoms with E-state index in [2.05, 4.69) is 5.32 Å². The molecule has 0 bridgehead atoms. The van der Waals surface area contributed by atoms with Crippen molar-refractivity contribution in [3.63, 3.8) is 0 Å². The van der Waals surface area contributed by atoms with Crippen molar-refractivity contribution in [2.24, 2.45) is 0 Å². The second-order valence-electron chi connectivity index (χ2n) is 8.14. The fourth-order valence-electron chi connectivity index (χ4n) is 3.89. The molecule has 0 fully saturated rings. The molecule has 1 aliphatic rings. The van der Waals surface area contributed by atoms with E-state index in [4.69, 9.17) is 9.47 Å². The Hall–Kier alpha value is -3.02. The maximum atomic E-state index is 13.4. The van der Waals surface area contributed by atoms with Gasteiger partial charge in [0.1, 0.15) is 19.3 Å². The smallest absolute Gasteiger partial charge is 0.242 e. The molecule has 6 heteroatoms. The summed E-state index contributed by atoms with van der Waals surface area (Å²) >= 11 is 0. The normalized spacial score (nSPS) is 13.3. The zero-order valence-corrected chi connectivity index (χ0v) is 19.4. The second-order valence-corrected chi connectivity index (χ2v) is 8.14. The fourth-order valence-corrected chi connectivity index (χ4v) is 3.89. The van der Waals surface area contributed by atoms with Crippen LogP contribution in [0.2, 0.25) is 0 Å². The van der Waals surface area contributed by atoms with Gasteiger partial charge < -0.3 is 19.7 Å². The van der Waals surface area contributed by atoms with Crippen LogP contribution in [-0.4, -0.2) is 42.5 Å². The molecular formula is C26H34N2O4. The van der Waals surface area contributed by atoms with Crippen molar-refractivity contribution in [2.75, 3.05) is 19.8 Å². The lowest BCUT2D eigenvalue weighted by Gasteiger charge is -2.31. The number of nitrogens with one attached hydrogen (secondary N) is 1. The first-order valence-corrected chi connectivity index (χ1v) is 11.5. The van der Waals surface area contributed by atoms with E-state index >= 15 is 0 Å². The lowest BCUT2D eigenvalue weighted by molar-refractivity contribution is -0.141. The second kappa shape index (κ2) is 11.6. The maximum Gasteiger partial charge on any atom is 0.242 e. The summed E-state index contributed by atoms with van der Waals surface area (Å²) in [6, 6.07) is 13.3. The Bertz CT molecular complexity index is 928. The molecule has 0 aliphatic carbocycles. The molecule has 0 saturated carbocycles. The molecule has 0 saturated heterocycles. The zero-order chi connectivity index (χ0) is 22.9. The molecule has 0 spiro atoms. The van der Waals surface area contributed by atoms with Crippen LogP contribution in [0.5, 0.6) is 11.5 Å². The van der Waals surface area contributed by atoms with Gasteiger partial charge in [0, 0.05) is 19.5 Å². The van der Waals surface area contributed by atoms with Crippen molar-refractivity contribution >= 4 is 11.8 Å². The van der Waals surface area contributed by atoms with Crippen molar-refractivity contribution in [3.05, 3.63) is 59.2 Å². The fraction of sp³-hybridized carbons (Fsp3) is 0.462. The van der Waals surface area contributed by atoms with Gasteiger partial charge in [0.25, 0.3) is 0 Å². The quantitative estimate of drug-likeness (QED) is 0.608. The van der Waals surface area contributed by atoms with Gasteiger partial charge >= 0.3 is 0 Å². The third kappa shape index (κ3) is 6.02. The highest BCUT2D eigenvalue weighted by Gasteiger charge is 2.28. The van der Waals surface area contributed by atoms with E-state index < -0.39 is 6.04 Å². The van der Waals surface area contributed by atoms with Crippen LogP contribution in [0.1, 0.15) is 49.8 Å². The monoisotopic (exact) mass is 438 g/mol. The lowest BCUT2D eigenvalue weighted by atomic mass is 10.0. The van der Waals surface area contributed by atoms with Gasteiger partial charge in [-0.25, -0.2) is 0 Å². The van der Waals surface area contributed by atoms with Crippen molar-refractivity contribution < 1.29 is 19.1 Å². The topological polar surface area (TPSA) is 67.9 Å². The van der Waals surface area contributed by atoms with Crippen molar-refractivity contribution in [1.82, 2.24) is 10.2 Å². The minimum atomic E-state index is -0.492. The number of nitrogens with zero attached hydrogens (tertiary/aromatic N) is 1. The number of fused-ring (bicyclic) bond motifs is 1. The van der Waals surface area contributed by atoms with Crippen molar-refractivity contribution in [1.29, 1.82) is 0 Å². The van der Waals surface area contributed by atoms with Gasteiger partial charge in [0.05, 0.1) is 0 Å². The Balaban J connectivity index is 1.75. The molecule has 2 aromatic rings. The summed E-state index contributed by atoms with van der Waals surface area (Å²) in [7, 11) is 0. The van der Waals surface area contributed by atoms with Crippen LogP contribution in [0.15, 0.2) is 42.5 Å². The van der Waals surface area contributed by atoms with Gasteiger partial charge in [-0.1, -0.05) is 44.2 Å². The molecule has 6 nitrogen and oxygen atoms in total. The van der Waals surface area contributed by atoms with Gasteiger partial charge in [-0.15, -0.1) is 0 Å². The standard InChI is InChI=1S/C26H34N2O4/c1-4-14-27-26(30)22(5-2)28(18-21-9-7-6-8-19(21)3)25(29)13-11-20-10-12-23-24(17-20)32-16-15-31-23/h6-10,12,17,22H,4-5,11,13-16,18H2,1-3H3,(H,27,30). The van der Waals surface area contributed by atoms with E-state index in [-0.39, 0.29) is 11.8 Å². The van der Waals surface area contributed by atoms with Crippen LogP contribution in [0, 0.1) is 6.92 Å². The maximum absolute atomic E-state index is 13.4. The number of amides is 2. The summed E-state index contributed by atoms with van der Waals surface area (Å²) < 4.78 is 11.2. The van der Waals surface area contributed by atoms with Crippen LogP contribution < -0.4 is 14.8 Å². The predicted molar refractivity (Wildman–Crippen MR) is 125 cm³/mol. The van der Waals surface area contributed by atoms with Crippen LogP contribution in [-0.2, 0) is 22.6 Å². The van der Waals surface area contributed by atoms with Crippen molar-refractivity contribution in [3.8, 4) is 11.5 Å². The number of aryl methyl sites for hydroxylation is 2. The zero-order valence-electron chi connectivity index (χ0n) is 19.4. The van der Waals surface area contributed by atoms with Gasteiger partial charge in [0.2, 0.25) is 11.8 Å². The Morgan fingerprint density at radius 1 is 1.06 bits per heavy atom. The number of carbonyl (C=O) groups excluding carboxylic acids is 2. The third-order valence-corrected chi connectivity index (χ3v) is 5.77. The summed E-state index contributed by atoms with van der Waals surface area (Å²) in [4.78, 5) is 28.0. The number of benzene rings is 2. The molecule has 2 aromatic carbocycles. The average molecular weight is 439 g/mol. The Morgan fingerprint density at radius 3 is 2.53 bits per heavy atom. The minimum absolute atomic E-state index is 0.0263. The highest BCUT2D eigenvalue weighted by atomic mass is 16.6. The summed E-state index contributed by atoms with van der Waals surface area (Å²) in [6.07, 6.45) is 2.32. The first-order valence-electron chi connectivity index (χ1n) is 11.5. The van der Waals surface area contributed by atoms with E-state index in [9.17, 15) is 9.59 Å². The summed E-state index contributed by atoms with van der Waals surface area (Å²) in [5.41, 5.74) is 3.19. The van der Waals surface area contributed by atoms with Gasteiger partial charge in [0.15, 0.2) is 11.5 Å². The van der Waals surface area contributed by atoms with Gasteiger partial charge in [-0.2, -0.15) is 0 Å². The highest BCUT2D eigenvalue weighted by Crippen LogP contribution is 2.31. The van der Waals surface area contributed by atoms with E-state index in [1.54, 1.807) is 4.90 Å². The molecule has 1 N–H and O–H groups in total. The molecule has 1 heterocycles. The molecule has 3 rings (SSSR count). The van der Waals surface area contributed by atoms with Crippen LogP contribution in [0.25, 0.3) is 0 Å². The molecule has 172 valence electrons. The van der Waals surface area contributed by atoms with Crippen molar-refractivity contribution in [2.45, 2.75) is 59.0 Å². The molecule has 1 unspecified atom stereocenters. The third-order valence-electron chi connectivity index (χ3n) is 5.77. The number of carbonyl (C=O) groups is 2. The van der Waals surface area contributed by atoms with E-state index in [0.717, 1.165) is 34.6 Å². The summed E-state index contributed by atoms with van der Waals surface area (Å²) in [5, 5.41) is 2.96. The predicted octanol–water partition coefficient (Wildman–Crippen LogP) is 4.03. The molecule has 2 amide bonds. The summed E-state index contributed by atoms with van der Waals surface area (Å²) in [5.74, 6) is 1.35. The molecule has 0 aromatic heterocycles. The molecule has 0 radical (unpaired) electrons. The van der Waals surface area contributed by atoms with Gasteiger partial charge in [-0.3, -0.25) is 9.59 Å². The van der Waals surface area contributed by atoms with E-state index in [0.29, 0.717) is 45.6 Å². The Kier molecular flexibility index (Phi) is 8.54. The lowest BCUT2D eigenvalue weighted by Crippen LogP contribution is -2.49. The number of hydrogen-bond acceptors (Lipinski definition) is 4. The number of hydrogen-bond donors (Lipinski definition) is 1. The first-order chi connectivity index (χ1) is 15.5. The SMILES string of the molecule is CCCNC(=O)C(CC)N(Cc1ccccc1C)C(=O)CCc1ccc2c(c1)OCCO2. The molecule has 1 atom stereocenters. The first kappa shape index (κ1) is 23.6. The average Bonchev–Trinajstić information content (AvgIpc) is 2.82. The Morgan fingerprint density at radius 2 is 1.81 bits per heavy atom. The number of ether oxygens (including phenoxy) is 2. The minimum Gasteiger partial charge on any atom is -0.486 e. The highest BCUT2D eigenvalue weighted by molar-refractivity contribution is 5.87. The van der Waals surface area contributed by atoms with Crippen LogP contribution in [0.4, 0.5) is 0 Å². The number of rotatable bonds is 10. The molecule has 32 heavy (non-hydrogen) atoms. The van der Waals surface area contributed by atoms with E-state index in [1.165, 1.54) is 0 Å². The van der Waals surface area contributed by atoms with Crippen LogP contribution >= 0.6 is 0 Å². The molecule has 1 aliphatic heterocycles. The van der Waals surface area contributed by atoms with Gasteiger partial charge in [-0.05, 0) is 55.0 Å². The molecular weight excluding hydrogens is 404 g/mol.